The van der Waals surface area contributed by atoms with Crippen LogP contribution >= 0.6 is 0 Å². The van der Waals surface area contributed by atoms with Crippen LogP contribution in [0.15, 0.2) is 180 Å². The van der Waals surface area contributed by atoms with Crippen molar-refractivity contribution in [1.82, 2.24) is 9.13 Å². The van der Waals surface area contributed by atoms with E-state index in [1.807, 2.05) is 36.4 Å². The second-order valence-corrected chi connectivity index (χ2v) is 13.6. The summed E-state index contributed by atoms with van der Waals surface area (Å²) in [6, 6.07) is 64.2. The van der Waals surface area contributed by atoms with Crippen LogP contribution in [0, 0.1) is 11.3 Å². The number of rotatable bonds is 4. The zero-order chi connectivity index (χ0) is 35.0. The fraction of sp³-hybridized carbons (Fsp3) is 0. The van der Waals surface area contributed by atoms with Crippen molar-refractivity contribution in [2.75, 3.05) is 0 Å². The lowest BCUT2D eigenvalue weighted by molar-refractivity contribution is 0.673. The fourth-order valence-electron chi connectivity index (χ4n) is 8.47. The number of para-hydroxylation sites is 4. The molecule has 0 fully saturated rings. The zero-order valence-electron chi connectivity index (χ0n) is 28.5. The van der Waals surface area contributed by atoms with E-state index in [1.165, 1.54) is 10.8 Å². The Morgan fingerprint density at radius 2 is 1.06 bits per heavy atom. The van der Waals surface area contributed by atoms with Gasteiger partial charge in [0.05, 0.1) is 44.8 Å². The van der Waals surface area contributed by atoms with Crippen LogP contribution in [0.2, 0.25) is 0 Å². The van der Waals surface area contributed by atoms with Gasteiger partial charge in [-0.05, 0) is 77.4 Å². The Balaban J connectivity index is 1.23. The molecule has 8 aromatic carbocycles. The van der Waals surface area contributed by atoms with Crippen molar-refractivity contribution in [3.8, 4) is 39.7 Å². The third kappa shape index (κ3) is 4.29. The van der Waals surface area contributed by atoms with Gasteiger partial charge in [-0.2, -0.15) is 5.26 Å². The first-order valence-electron chi connectivity index (χ1n) is 17.8. The number of fused-ring (bicyclic) bond motifs is 10. The van der Waals surface area contributed by atoms with Gasteiger partial charge in [0.15, 0.2) is 0 Å². The summed E-state index contributed by atoms with van der Waals surface area (Å²) in [7, 11) is 0. The topological polar surface area (TPSA) is 46.8 Å². The first kappa shape index (κ1) is 29.4. The van der Waals surface area contributed by atoms with E-state index in [1.54, 1.807) is 0 Å². The summed E-state index contributed by atoms with van der Waals surface area (Å²) in [5.74, 6) is 0. The van der Waals surface area contributed by atoms with Crippen molar-refractivity contribution in [3.63, 3.8) is 0 Å². The molecule has 4 heteroatoms. The third-order valence-corrected chi connectivity index (χ3v) is 10.8. The van der Waals surface area contributed by atoms with Crippen molar-refractivity contribution in [1.29, 1.82) is 5.26 Å². The van der Waals surface area contributed by atoms with E-state index in [0.717, 1.165) is 88.4 Å². The standard InChI is InChI=1S/C49H29N3O/c50-30-33-12-1-2-15-35(33)31-13-11-14-32(28-31)36-25-24-34(29-46(36)52-42-20-7-3-16-37(42)38-17-4-8-21-43(38)52)51-44-22-9-5-19-41(44)48-45(51)27-26-40-39-18-6-10-23-47(39)53-49(40)48/h1-29H. The summed E-state index contributed by atoms with van der Waals surface area (Å²) >= 11 is 0. The number of aromatic nitrogens is 2. The average Bonchev–Trinajstić information content (AvgIpc) is 3.88. The molecule has 0 unspecified atom stereocenters. The number of benzene rings is 8. The zero-order valence-corrected chi connectivity index (χ0v) is 28.5. The maximum Gasteiger partial charge on any atom is 0.145 e. The number of nitriles is 1. The van der Waals surface area contributed by atoms with Gasteiger partial charge in [0.1, 0.15) is 11.2 Å². The van der Waals surface area contributed by atoms with Crippen LogP contribution in [-0.2, 0) is 0 Å². The summed E-state index contributed by atoms with van der Waals surface area (Å²) in [6.45, 7) is 0. The van der Waals surface area contributed by atoms with Crippen molar-refractivity contribution in [3.05, 3.63) is 181 Å². The highest BCUT2D eigenvalue weighted by Crippen LogP contribution is 2.43. The first-order valence-corrected chi connectivity index (χ1v) is 17.8. The molecule has 246 valence electrons. The van der Waals surface area contributed by atoms with Crippen molar-refractivity contribution in [2.45, 2.75) is 0 Å². The van der Waals surface area contributed by atoms with Crippen LogP contribution < -0.4 is 0 Å². The highest BCUT2D eigenvalue weighted by molar-refractivity contribution is 6.24. The van der Waals surface area contributed by atoms with Crippen LogP contribution in [0.3, 0.4) is 0 Å². The SMILES string of the molecule is N#Cc1ccccc1-c1cccc(-c2ccc(-n3c4ccccc4c4c5oc6ccccc6c5ccc43)cc2-n2c3ccccc3c3ccccc32)c1. The summed E-state index contributed by atoms with van der Waals surface area (Å²) in [4.78, 5) is 0. The second-order valence-electron chi connectivity index (χ2n) is 13.6. The van der Waals surface area contributed by atoms with Gasteiger partial charge >= 0.3 is 0 Å². The molecule has 0 aliphatic rings. The summed E-state index contributed by atoms with van der Waals surface area (Å²) in [5, 5.41) is 16.9. The molecule has 0 amide bonds. The lowest BCUT2D eigenvalue weighted by atomic mass is 9.95. The summed E-state index contributed by atoms with van der Waals surface area (Å²) in [6.07, 6.45) is 0. The summed E-state index contributed by atoms with van der Waals surface area (Å²) < 4.78 is 11.4. The molecule has 0 spiro atoms. The maximum absolute atomic E-state index is 9.94. The number of furan rings is 1. The Hall–Kier alpha value is -7.35. The molecule has 53 heavy (non-hydrogen) atoms. The molecular weight excluding hydrogens is 647 g/mol. The van der Waals surface area contributed by atoms with E-state index < -0.39 is 0 Å². The molecular formula is C49H29N3O. The number of hydrogen-bond acceptors (Lipinski definition) is 2. The van der Waals surface area contributed by atoms with Gasteiger partial charge in [-0.3, -0.25) is 0 Å². The molecule has 4 nitrogen and oxygen atoms in total. The lowest BCUT2D eigenvalue weighted by Gasteiger charge is -2.18. The molecule has 0 aliphatic carbocycles. The molecule has 11 aromatic rings. The smallest absolute Gasteiger partial charge is 0.145 e. The van der Waals surface area contributed by atoms with Gasteiger partial charge in [-0.25, -0.2) is 0 Å². The minimum absolute atomic E-state index is 0.660. The van der Waals surface area contributed by atoms with Gasteiger partial charge in [-0.1, -0.05) is 115 Å². The van der Waals surface area contributed by atoms with Gasteiger partial charge in [0, 0.05) is 38.2 Å². The van der Waals surface area contributed by atoms with Crippen molar-refractivity contribution in [2.24, 2.45) is 0 Å². The normalized spacial score (nSPS) is 11.8. The van der Waals surface area contributed by atoms with Crippen molar-refractivity contribution < 1.29 is 4.42 Å². The molecule has 0 saturated carbocycles. The minimum Gasteiger partial charge on any atom is -0.455 e. The van der Waals surface area contributed by atoms with Gasteiger partial charge in [-0.15, -0.1) is 0 Å². The summed E-state index contributed by atoms with van der Waals surface area (Å²) in [5.41, 5.74) is 13.2. The van der Waals surface area contributed by atoms with Gasteiger partial charge in [0.2, 0.25) is 0 Å². The van der Waals surface area contributed by atoms with E-state index in [2.05, 4.69) is 155 Å². The monoisotopic (exact) mass is 675 g/mol. The Bertz CT molecular complexity index is 3260. The number of hydrogen-bond donors (Lipinski definition) is 0. The quantitative estimate of drug-likeness (QED) is 0.186. The molecule has 0 bridgehead atoms. The Morgan fingerprint density at radius 3 is 1.81 bits per heavy atom. The van der Waals surface area contributed by atoms with Crippen LogP contribution in [-0.4, -0.2) is 9.13 Å². The Kier molecular flexibility index (Phi) is 6.28. The average molecular weight is 676 g/mol. The molecule has 0 aliphatic heterocycles. The molecule has 3 aromatic heterocycles. The maximum atomic E-state index is 9.94. The second kappa shape index (κ2) is 11.3. The Labute approximate surface area is 304 Å². The lowest BCUT2D eigenvalue weighted by Crippen LogP contribution is -2.01. The van der Waals surface area contributed by atoms with Crippen LogP contribution in [0.4, 0.5) is 0 Å². The van der Waals surface area contributed by atoms with Crippen molar-refractivity contribution >= 4 is 65.6 Å². The Morgan fingerprint density at radius 1 is 0.434 bits per heavy atom. The molecule has 0 atom stereocenters. The fourth-order valence-corrected chi connectivity index (χ4v) is 8.47. The van der Waals surface area contributed by atoms with Crippen LogP contribution in [0.25, 0.3) is 99.2 Å². The first-order chi connectivity index (χ1) is 26.3. The van der Waals surface area contributed by atoms with Gasteiger partial charge < -0.3 is 13.6 Å². The number of nitrogens with zero attached hydrogens (tertiary/aromatic N) is 3. The molecule has 0 N–H and O–H groups in total. The largest absolute Gasteiger partial charge is 0.455 e. The van der Waals surface area contributed by atoms with Gasteiger partial charge in [0.25, 0.3) is 0 Å². The molecule has 0 radical (unpaired) electrons. The van der Waals surface area contributed by atoms with Crippen LogP contribution in [0.1, 0.15) is 5.56 Å². The van der Waals surface area contributed by atoms with E-state index in [-0.39, 0.29) is 0 Å². The highest BCUT2D eigenvalue weighted by Gasteiger charge is 2.21. The third-order valence-electron chi connectivity index (χ3n) is 10.8. The van der Waals surface area contributed by atoms with E-state index >= 15 is 0 Å². The van der Waals surface area contributed by atoms with E-state index in [0.29, 0.717) is 5.56 Å². The van der Waals surface area contributed by atoms with E-state index in [9.17, 15) is 5.26 Å². The predicted molar refractivity (Wildman–Crippen MR) is 218 cm³/mol. The van der Waals surface area contributed by atoms with E-state index in [4.69, 9.17) is 4.42 Å². The molecule has 11 rings (SSSR count). The predicted octanol–water partition coefficient (Wildman–Crippen LogP) is 13.0. The minimum atomic E-state index is 0.660. The molecule has 0 saturated heterocycles. The highest BCUT2D eigenvalue weighted by atomic mass is 16.3. The van der Waals surface area contributed by atoms with Crippen LogP contribution in [0.5, 0.6) is 0 Å². The molecule has 3 heterocycles.